The maximum absolute atomic E-state index is 10.1. The zero-order chi connectivity index (χ0) is 31.7. The number of hydrogen-bond donors (Lipinski definition) is 2. The molecular weight excluding hydrogens is 610 g/mol. The van der Waals surface area contributed by atoms with Gasteiger partial charge in [-0.2, -0.15) is 0 Å². The Labute approximate surface area is 288 Å². The Hall–Kier alpha value is 0.320. The van der Waals surface area contributed by atoms with Crippen LogP contribution >= 0.6 is 17.0 Å². The lowest BCUT2D eigenvalue weighted by Crippen LogP contribution is -2.53. The molecule has 2 N–H and O–H groups in total. The van der Waals surface area contributed by atoms with Gasteiger partial charge in [0, 0.05) is 18.8 Å². The van der Waals surface area contributed by atoms with Gasteiger partial charge in [0.2, 0.25) is 0 Å². The van der Waals surface area contributed by atoms with Crippen LogP contribution in [0, 0.1) is 0 Å². The topological polar surface area (TPSA) is 50.7 Å². The fraction of sp³-hybridized carbons (Fsp3) is 1.00. The van der Waals surface area contributed by atoms with Crippen LogP contribution in [0.25, 0.3) is 0 Å². The van der Waals surface area contributed by atoms with Crippen molar-refractivity contribution in [3.8, 4) is 0 Å². The van der Waals surface area contributed by atoms with E-state index in [1.807, 2.05) is 0 Å². The molecule has 0 saturated carbocycles. The van der Waals surface area contributed by atoms with Crippen LogP contribution in [0.4, 0.5) is 0 Å². The number of aliphatic hydroxyl groups excluding tert-OH is 1. The summed E-state index contributed by atoms with van der Waals surface area (Å²) in [6, 6.07) is 0. The van der Waals surface area contributed by atoms with E-state index in [0.717, 1.165) is 19.4 Å². The lowest BCUT2D eigenvalue weighted by atomic mass is 10.0. The van der Waals surface area contributed by atoms with Crippen molar-refractivity contribution < 1.29 is 14.6 Å². The fourth-order valence-corrected chi connectivity index (χ4v) is 5.94. The molecule has 268 valence electrons. The van der Waals surface area contributed by atoms with Crippen LogP contribution < -0.4 is 5.32 Å². The summed E-state index contributed by atoms with van der Waals surface area (Å²) in [4.78, 5) is 0. The van der Waals surface area contributed by atoms with E-state index in [0.29, 0.717) is 6.61 Å². The van der Waals surface area contributed by atoms with Gasteiger partial charge < -0.3 is 14.6 Å². The van der Waals surface area contributed by atoms with Crippen molar-refractivity contribution in [2.45, 2.75) is 232 Å². The molecule has 0 spiro atoms. The summed E-state index contributed by atoms with van der Waals surface area (Å²) in [5.74, 6) is 0. The summed E-state index contributed by atoms with van der Waals surface area (Å²) in [6.45, 7) is 12.5. The third-order valence-corrected chi connectivity index (χ3v) is 8.72. The first-order valence-electron chi connectivity index (χ1n) is 19.6. The van der Waals surface area contributed by atoms with E-state index in [-0.39, 0.29) is 41.5 Å². The molecule has 4 nitrogen and oxygen atoms in total. The number of rotatable bonds is 35. The average molecular weight is 693 g/mol. The summed E-state index contributed by atoms with van der Waals surface area (Å²) in [7, 11) is 0. The van der Waals surface area contributed by atoms with Crippen LogP contribution in [-0.2, 0) is 9.47 Å². The zero-order valence-corrected chi connectivity index (χ0v) is 32.5. The highest BCUT2D eigenvalue weighted by molar-refractivity contribution is 8.93. The van der Waals surface area contributed by atoms with Crippen LogP contribution in [0.2, 0.25) is 0 Å². The summed E-state index contributed by atoms with van der Waals surface area (Å²) in [5.41, 5.74) is -0.0913. The van der Waals surface area contributed by atoms with Crippen LogP contribution in [-0.4, -0.2) is 42.8 Å². The SMILES string of the molecule is Br.CCCCCCCCCCCCCCCCOC(CO)C(NC(C)(C)C)OCCCCCCCCCCCCCCCC. The second kappa shape index (κ2) is 36.2. The number of halogens is 1. The van der Waals surface area contributed by atoms with Gasteiger partial charge in [0.05, 0.1) is 6.61 Å². The molecule has 2 unspecified atom stereocenters. The first kappa shape index (κ1) is 46.4. The summed E-state index contributed by atoms with van der Waals surface area (Å²) in [5, 5.41) is 13.6. The predicted octanol–water partition coefficient (Wildman–Crippen LogP) is 12.6. The molecule has 0 aliphatic heterocycles. The van der Waals surface area contributed by atoms with Gasteiger partial charge in [-0.25, -0.2) is 0 Å². The zero-order valence-electron chi connectivity index (χ0n) is 30.7. The van der Waals surface area contributed by atoms with Gasteiger partial charge >= 0.3 is 0 Å². The van der Waals surface area contributed by atoms with Crippen LogP contribution in [0.1, 0.15) is 214 Å². The van der Waals surface area contributed by atoms with E-state index < -0.39 is 0 Å². The Morgan fingerprint density at radius 1 is 0.455 bits per heavy atom. The molecule has 0 aromatic rings. The van der Waals surface area contributed by atoms with Gasteiger partial charge in [-0.3, -0.25) is 5.32 Å². The fourth-order valence-electron chi connectivity index (χ4n) is 5.94. The van der Waals surface area contributed by atoms with Gasteiger partial charge in [-0.1, -0.05) is 181 Å². The van der Waals surface area contributed by atoms with Crippen LogP contribution in [0.15, 0.2) is 0 Å². The van der Waals surface area contributed by atoms with Crippen molar-refractivity contribution in [1.29, 1.82) is 0 Å². The minimum atomic E-state index is -0.312. The van der Waals surface area contributed by atoms with E-state index in [4.69, 9.17) is 9.47 Å². The van der Waals surface area contributed by atoms with Gasteiger partial charge in [0.15, 0.2) is 0 Å². The monoisotopic (exact) mass is 692 g/mol. The van der Waals surface area contributed by atoms with Crippen LogP contribution in [0.3, 0.4) is 0 Å². The van der Waals surface area contributed by atoms with Crippen LogP contribution in [0.5, 0.6) is 0 Å². The first-order chi connectivity index (χ1) is 20.9. The van der Waals surface area contributed by atoms with Crippen molar-refractivity contribution >= 4 is 17.0 Å². The van der Waals surface area contributed by atoms with E-state index in [1.54, 1.807) is 0 Å². The third kappa shape index (κ3) is 35.2. The molecular formula is C39H82BrNO3. The summed E-state index contributed by atoms with van der Waals surface area (Å²) in [6.07, 6.45) is 37.5. The molecule has 0 fully saturated rings. The minimum absolute atomic E-state index is 0. The Morgan fingerprint density at radius 2 is 0.727 bits per heavy atom. The van der Waals surface area contributed by atoms with Gasteiger partial charge in [0.25, 0.3) is 0 Å². The highest BCUT2D eigenvalue weighted by Gasteiger charge is 2.26. The predicted molar refractivity (Wildman–Crippen MR) is 200 cm³/mol. The first-order valence-corrected chi connectivity index (χ1v) is 19.6. The maximum atomic E-state index is 10.1. The number of unbranched alkanes of at least 4 members (excludes halogenated alkanes) is 26. The molecule has 5 heteroatoms. The van der Waals surface area contributed by atoms with Gasteiger partial charge in [0.1, 0.15) is 12.3 Å². The van der Waals surface area contributed by atoms with E-state index in [9.17, 15) is 5.11 Å². The standard InChI is InChI=1S/C39H81NO3.BrH/c1-6-8-10-12-14-16-18-20-22-24-26-28-30-32-34-42-37(36-41)38(40-39(3,4)5)43-35-33-31-29-27-25-23-21-19-17-15-13-11-9-7-2;/h37-38,40-41H,6-36H2,1-5H3;1H. The van der Waals surface area contributed by atoms with Crippen molar-refractivity contribution in [2.75, 3.05) is 19.8 Å². The molecule has 0 saturated heterocycles. The van der Waals surface area contributed by atoms with Gasteiger partial charge in [-0.05, 0) is 33.6 Å². The molecule has 0 bridgehead atoms. The minimum Gasteiger partial charge on any atom is -0.394 e. The molecule has 0 rings (SSSR count). The second-order valence-electron chi connectivity index (χ2n) is 14.5. The summed E-state index contributed by atoms with van der Waals surface area (Å²) >= 11 is 0. The molecule has 44 heavy (non-hydrogen) atoms. The Bertz CT molecular complexity index is 528. The highest BCUT2D eigenvalue weighted by atomic mass is 79.9. The molecule has 0 aromatic heterocycles. The maximum Gasteiger partial charge on any atom is 0.137 e. The quantitative estimate of drug-likeness (QED) is 0.0513. The molecule has 2 atom stereocenters. The number of nitrogens with one attached hydrogen (secondary N) is 1. The molecule has 0 radical (unpaired) electrons. The summed E-state index contributed by atoms with van der Waals surface area (Å²) < 4.78 is 12.4. The third-order valence-electron chi connectivity index (χ3n) is 8.72. The largest absolute Gasteiger partial charge is 0.394 e. The number of ether oxygens (including phenoxy) is 2. The van der Waals surface area contributed by atoms with Crippen molar-refractivity contribution in [1.82, 2.24) is 5.32 Å². The smallest absolute Gasteiger partial charge is 0.137 e. The van der Waals surface area contributed by atoms with Crippen molar-refractivity contribution in [3.05, 3.63) is 0 Å². The lowest BCUT2D eigenvalue weighted by molar-refractivity contribution is -0.114. The lowest BCUT2D eigenvalue weighted by Gasteiger charge is -2.33. The van der Waals surface area contributed by atoms with Gasteiger partial charge in [-0.15, -0.1) is 17.0 Å². The van der Waals surface area contributed by atoms with E-state index in [1.165, 1.54) is 167 Å². The molecule has 0 heterocycles. The van der Waals surface area contributed by atoms with E-state index in [2.05, 4.69) is 39.9 Å². The normalized spacial score (nSPS) is 13.2. The number of hydrogen-bond acceptors (Lipinski definition) is 4. The number of aliphatic hydroxyl groups is 1. The van der Waals surface area contributed by atoms with Crippen molar-refractivity contribution in [2.24, 2.45) is 0 Å². The molecule has 0 amide bonds. The highest BCUT2D eigenvalue weighted by Crippen LogP contribution is 2.16. The molecule has 0 aliphatic rings. The molecule has 0 aliphatic carbocycles. The Morgan fingerprint density at radius 3 is 1.00 bits per heavy atom. The second-order valence-corrected chi connectivity index (χ2v) is 14.5. The average Bonchev–Trinajstić information content (AvgIpc) is 2.98. The Kier molecular flexibility index (Phi) is 38.2. The van der Waals surface area contributed by atoms with Crippen molar-refractivity contribution in [3.63, 3.8) is 0 Å². The molecule has 0 aromatic carbocycles. The Balaban J connectivity index is 0. The van der Waals surface area contributed by atoms with E-state index >= 15 is 0 Å².